The Labute approximate surface area is 121 Å². The van der Waals surface area contributed by atoms with Crippen LogP contribution >= 0.6 is 0 Å². The smallest absolute Gasteiger partial charge is 0.305 e. The number of nitrogens with zero attached hydrogens (tertiary/aromatic N) is 2. The molecule has 0 radical (unpaired) electrons. The van der Waals surface area contributed by atoms with Crippen LogP contribution in [0.1, 0.15) is 38.2 Å². The number of anilines is 2. The third kappa shape index (κ3) is 3.06. The number of carboxylic acid groups (broad SMARTS) is 1. The first-order chi connectivity index (χ1) is 9.50. The second-order valence-electron chi connectivity index (χ2n) is 5.78. The molecule has 1 N–H and O–H groups in total. The summed E-state index contributed by atoms with van der Waals surface area (Å²) in [6.07, 6.45) is 1.25. The standard InChI is InChI=1S/C16H24N2O2/c1-12(2)13-6-4-7-14-16(13)17(3)9-5-10-18(14)11-8-15(19)20/h4,6-7,12H,5,8-11H2,1-3H3,(H,19,20). The van der Waals surface area contributed by atoms with Gasteiger partial charge in [0.1, 0.15) is 0 Å². The fourth-order valence-corrected chi connectivity index (χ4v) is 2.88. The van der Waals surface area contributed by atoms with Gasteiger partial charge in [0.2, 0.25) is 0 Å². The van der Waals surface area contributed by atoms with Crippen LogP contribution in [-0.4, -0.2) is 37.8 Å². The molecule has 1 aromatic rings. The Bertz CT molecular complexity index is 485. The molecule has 0 bridgehead atoms. The Morgan fingerprint density at radius 1 is 1.35 bits per heavy atom. The van der Waals surface area contributed by atoms with Crippen molar-refractivity contribution in [3.8, 4) is 0 Å². The fraction of sp³-hybridized carbons (Fsp3) is 0.562. The zero-order valence-corrected chi connectivity index (χ0v) is 12.6. The minimum Gasteiger partial charge on any atom is -0.481 e. The number of para-hydroxylation sites is 1. The van der Waals surface area contributed by atoms with Gasteiger partial charge in [-0.3, -0.25) is 4.79 Å². The number of carboxylic acids is 1. The molecular weight excluding hydrogens is 252 g/mol. The number of hydrogen-bond donors (Lipinski definition) is 1. The van der Waals surface area contributed by atoms with Crippen molar-refractivity contribution >= 4 is 17.3 Å². The van der Waals surface area contributed by atoms with Gasteiger partial charge >= 0.3 is 5.97 Å². The Hall–Kier alpha value is -1.71. The lowest BCUT2D eigenvalue weighted by molar-refractivity contribution is -0.136. The van der Waals surface area contributed by atoms with Gasteiger partial charge in [0.15, 0.2) is 0 Å². The van der Waals surface area contributed by atoms with Crippen LogP contribution in [-0.2, 0) is 4.79 Å². The highest BCUT2D eigenvalue weighted by Gasteiger charge is 2.22. The van der Waals surface area contributed by atoms with Crippen LogP contribution in [0.2, 0.25) is 0 Å². The summed E-state index contributed by atoms with van der Waals surface area (Å²) < 4.78 is 0. The molecule has 0 saturated heterocycles. The number of hydrogen-bond acceptors (Lipinski definition) is 3. The molecule has 1 heterocycles. The molecule has 0 aliphatic carbocycles. The van der Waals surface area contributed by atoms with E-state index in [1.807, 2.05) is 0 Å². The monoisotopic (exact) mass is 276 g/mol. The molecule has 1 aliphatic heterocycles. The summed E-state index contributed by atoms with van der Waals surface area (Å²) in [6.45, 7) is 6.93. The molecule has 1 aliphatic rings. The Morgan fingerprint density at radius 3 is 2.75 bits per heavy atom. The Kier molecular flexibility index (Phi) is 4.53. The first-order valence-corrected chi connectivity index (χ1v) is 7.31. The number of rotatable bonds is 4. The number of carbonyl (C=O) groups is 1. The van der Waals surface area contributed by atoms with E-state index in [-0.39, 0.29) is 6.42 Å². The summed E-state index contributed by atoms with van der Waals surface area (Å²) in [4.78, 5) is 15.4. The second-order valence-corrected chi connectivity index (χ2v) is 5.78. The molecule has 0 amide bonds. The lowest BCUT2D eigenvalue weighted by atomic mass is 9.99. The highest BCUT2D eigenvalue weighted by Crippen LogP contribution is 2.38. The van der Waals surface area contributed by atoms with Gasteiger partial charge in [0, 0.05) is 26.7 Å². The summed E-state index contributed by atoms with van der Waals surface area (Å²) in [5, 5.41) is 8.92. The van der Waals surface area contributed by atoms with Crippen molar-refractivity contribution in [2.24, 2.45) is 0 Å². The second kappa shape index (κ2) is 6.16. The number of fused-ring (bicyclic) bond motifs is 1. The first kappa shape index (κ1) is 14.7. The van der Waals surface area contributed by atoms with E-state index in [9.17, 15) is 4.79 Å². The van der Waals surface area contributed by atoms with E-state index >= 15 is 0 Å². The maximum Gasteiger partial charge on any atom is 0.305 e. The zero-order chi connectivity index (χ0) is 14.7. The Morgan fingerprint density at radius 2 is 2.10 bits per heavy atom. The zero-order valence-electron chi connectivity index (χ0n) is 12.6. The van der Waals surface area contributed by atoms with E-state index in [0.29, 0.717) is 12.5 Å². The van der Waals surface area contributed by atoms with Crippen molar-refractivity contribution in [1.82, 2.24) is 0 Å². The van der Waals surface area contributed by atoms with Crippen molar-refractivity contribution in [3.05, 3.63) is 23.8 Å². The van der Waals surface area contributed by atoms with Gasteiger partial charge < -0.3 is 14.9 Å². The van der Waals surface area contributed by atoms with Gasteiger partial charge in [-0.15, -0.1) is 0 Å². The summed E-state index contributed by atoms with van der Waals surface area (Å²) in [5.41, 5.74) is 3.79. The highest BCUT2D eigenvalue weighted by atomic mass is 16.4. The SMILES string of the molecule is CC(C)c1cccc2c1N(C)CCCN2CCC(=O)O. The van der Waals surface area contributed by atoms with E-state index in [1.165, 1.54) is 16.9 Å². The number of benzene rings is 1. The van der Waals surface area contributed by atoms with Crippen LogP contribution < -0.4 is 9.80 Å². The van der Waals surface area contributed by atoms with Crippen LogP contribution in [0.15, 0.2) is 18.2 Å². The van der Waals surface area contributed by atoms with Crippen LogP contribution in [0, 0.1) is 0 Å². The van der Waals surface area contributed by atoms with Gasteiger partial charge in [0.25, 0.3) is 0 Å². The largest absolute Gasteiger partial charge is 0.481 e. The maximum atomic E-state index is 10.8. The summed E-state index contributed by atoms with van der Waals surface area (Å²) in [6, 6.07) is 6.38. The molecule has 20 heavy (non-hydrogen) atoms. The lowest BCUT2D eigenvalue weighted by Gasteiger charge is -2.28. The van der Waals surface area contributed by atoms with Gasteiger partial charge in [-0.05, 0) is 24.0 Å². The maximum absolute atomic E-state index is 10.8. The molecule has 4 nitrogen and oxygen atoms in total. The molecule has 0 unspecified atom stereocenters. The number of aliphatic carboxylic acids is 1. The van der Waals surface area contributed by atoms with Crippen molar-refractivity contribution < 1.29 is 9.90 Å². The normalized spacial score (nSPS) is 15.2. The molecule has 2 rings (SSSR count). The van der Waals surface area contributed by atoms with Crippen LogP contribution in [0.3, 0.4) is 0 Å². The molecule has 1 aromatic carbocycles. The molecule has 110 valence electrons. The third-order valence-electron chi connectivity index (χ3n) is 3.91. The molecular formula is C16H24N2O2. The first-order valence-electron chi connectivity index (χ1n) is 7.31. The van der Waals surface area contributed by atoms with Crippen LogP contribution in [0.25, 0.3) is 0 Å². The molecule has 0 fully saturated rings. The molecule has 0 aromatic heterocycles. The van der Waals surface area contributed by atoms with E-state index in [1.54, 1.807) is 0 Å². The predicted molar refractivity (Wildman–Crippen MR) is 82.9 cm³/mol. The average molecular weight is 276 g/mol. The highest BCUT2D eigenvalue weighted by molar-refractivity contribution is 5.77. The minimum atomic E-state index is -0.732. The topological polar surface area (TPSA) is 43.8 Å². The van der Waals surface area contributed by atoms with Crippen molar-refractivity contribution in [3.63, 3.8) is 0 Å². The minimum absolute atomic E-state index is 0.190. The van der Waals surface area contributed by atoms with E-state index < -0.39 is 5.97 Å². The Balaban J connectivity index is 2.39. The average Bonchev–Trinajstić information content (AvgIpc) is 2.56. The third-order valence-corrected chi connectivity index (χ3v) is 3.91. The molecule has 0 saturated carbocycles. The van der Waals surface area contributed by atoms with Crippen molar-refractivity contribution in [2.45, 2.75) is 32.6 Å². The van der Waals surface area contributed by atoms with Crippen LogP contribution in [0.4, 0.5) is 11.4 Å². The van der Waals surface area contributed by atoms with Gasteiger partial charge in [-0.2, -0.15) is 0 Å². The van der Waals surface area contributed by atoms with Gasteiger partial charge in [-0.1, -0.05) is 26.0 Å². The predicted octanol–water partition coefficient (Wildman–Crippen LogP) is 2.93. The molecule has 0 spiro atoms. The van der Waals surface area contributed by atoms with Crippen LogP contribution in [0.5, 0.6) is 0 Å². The summed E-state index contributed by atoms with van der Waals surface area (Å²) >= 11 is 0. The van der Waals surface area contributed by atoms with Crippen molar-refractivity contribution in [2.75, 3.05) is 36.5 Å². The summed E-state index contributed by atoms with van der Waals surface area (Å²) in [7, 11) is 2.13. The fourth-order valence-electron chi connectivity index (χ4n) is 2.88. The van der Waals surface area contributed by atoms with Crippen molar-refractivity contribution in [1.29, 1.82) is 0 Å². The van der Waals surface area contributed by atoms with E-state index in [4.69, 9.17) is 5.11 Å². The lowest BCUT2D eigenvalue weighted by Crippen LogP contribution is -2.26. The summed E-state index contributed by atoms with van der Waals surface area (Å²) in [5.74, 6) is -0.268. The van der Waals surface area contributed by atoms with Gasteiger partial charge in [0.05, 0.1) is 17.8 Å². The molecule has 0 atom stereocenters. The van der Waals surface area contributed by atoms with Gasteiger partial charge in [-0.25, -0.2) is 0 Å². The van der Waals surface area contributed by atoms with E-state index in [2.05, 4.69) is 48.9 Å². The van der Waals surface area contributed by atoms with E-state index in [0.717, 1.165) is 19.5 Å². The molecule has 4 heteroatoms. The quantitative estimate of drug-likeness (QED) is 0.918.